The zero-order valence-electron chi connectivity index (χ0n) is 27.5. The average Bonchev–Trinajstić information content (AvgIpc) is 3.05. The predicted molar refractivity (Wildman–Crippen MR) is 174 cm³/mol. The van der Waals surface area contributed by atoms with E-state index in [9.17, 15) is 27.6 Å². The summed E-state index contributed by atoms with van der Waals surface area (Å²) in [5.74, 6) is -1.14. The Balaban J connectivity index is 1.34. The van der Waals surface area contributed by atoms with Gasteiger partial charge >= 0.3 is 12.5 Å². The monoisotopic (exact) mass is 674 g/mol. The van der Waals surface area contributed by atoms with Crippen LogP contribution in [0.3, 0.4) is 0 Å². The Kier molecular flexibility index (Phi) is 10.5. The Labute approximate surface area is 276 Å². The molecular formula is C33H41F3N6O6. The van der Waals surface area contributed by atoms with Gasteiger partial charge in [-0.1, -0.05) is 13.3 Å². The molecule has 0 radical (unpaired) electrons. The van der Waals surface area contributed by atoms with Crippen LogP contribution in [-0.4, -0.2) is 102 Å². The van der Waals surface area contributed by atoms with E-state index in [-0.39, 0.29) is 17.5 Å². The molecule has 2 aliphatic rings. The molecule has 1 atom stereocenters. The van der Waals surface area contributed by atoms with Gasteiger partial charge < -0.3 is 29.3 Å². The van der Waals surface area contributed by atoms with Crippen LogP contribution in [0.25, 0.3) is 16.6 Å². The van der Waals surface area contributed by atoms with E-state index >= 15 is 0 Å². The number of carbonyl (C=O) groups is 2. The number of piperazine rings is 1. The maximum atomic E-state index is 13.6. The van der Waals surface area contributed by atoms with Gasteiger partial charge in [0.05, 0.1) is 41.5 Å². The van der Waals surface area contributed by atoms with Crippen molar-refractivity contribution in [1.29, 1.82) is 0 Å². The van der Waals surface area contributed by atoms with E-state index < -0.39 is 35.2 Å². The summed E-state index contributed by atoms with van der Waals surface area (Å²) in [4.78, 5) is 49.5. The van der Waals surface area contributed by atoms with Crippen molar-refractivity contribution in [3.63, 3.8) is 0 Å². The van der Waals surface area contributed by atoms with Gasteiger partial charge in [0, 0.05) is 45.0 Å². The standard InChI is InChI=1S/C33H41F3N6O6/c1-5-10-32(3,4)48-31(45)41-13-11-40(12-14-41)23-6-8-25-26(19-23)37-21-42(30(25)44)24-7-9-28(47-33(34,35)36)27(20-24)38-29(43)22(2)39-15-17-46-18-16-39/h6-9,19-22H,5,10-18H2,1-4H3,(H,38,43). The Bertz CT molecular complexity index is 1680. The van der Waals surface area contributed by atoms with Crippen LogP contribution in [0.4, 0.5) is 29.3 Å². The zero-order valence-corrected chi connectivity index (χ0v) is 27.5. The first-order valence-corrected chi connectivity index (χ1v) is 16.0. The first-order valence-electron chi connectivity index (χ1n) is 16.0. The predicted octanol–water partition coefficient (Wildman–Crippen LogP) is 4.78. The number of nitrogens with zero attached hydrogens (tertiary/aromatic N) is 5. The number of nitrogens with one attached hydrogen (secondary N) is 1. The van der Waals surface area contributed by atoms with Gasteiger partial charge in [-0.25, -0.2) is 9.78 Å². The summed E-state index contributed by atoms with van der Waals surface area (Å²) >= 11 is 0. The molecule has 2 saturated heterocycles. The van der Waals surface area contributed by atoms with Crippen molar-refractivity contribution in [2.75, 3.05) is 62.7 Å². The highest BCUT2D eigenvalue weighted by Gasteiger charge is 2.33. The van der Waals surface area contributed by atoms with Crippen LogP contribution < -0.4 is 20.5 Å². The number of fused-ring (bicyclic) bond motifs is 1. The normalized spacial score (nSPS) is 16.9. The van der Waals surface area contributed by atoms with Crippen molar-refractivity contribution in [2.45, 2.75) is 58.5 Å². The van der Waals surface area contributed by atoms with Gasteiger partial charge in [0.15, 0.2) is 5.75 Å². The summed E-state index contributed by atoms with van der Waals surface area (Å²) in [7, 11) is 0. The van der Waals surface area contributed by atoms with Crippen LogP contribution in [0, 0.1) is 0 Å². The molecule has 3 heterocycles. The fourth-order valence-corrected chi connectivity index (χ4v) is 5.94. The molecule has 3 aromatic rings. The Morgan fingerprint density at radius 2 is 1.69 bits per heavy atom. The van der Waals surface area contributed by atoms with Crippen molar-refractivity contribution < 1.29 is 37.0 Å². The summed E-state index contributed by atoms with van der Waals surface area (Å²) < 4.78 is 56.1. The van der Waals surface area contributed by atoms with Crippen LogP contribution in [-0.2, 0) is 14.3 Å². The van der Waals surface area contributed by atoms with Gasteiger partial charge in [-0.2, -0.15) is 0 Å². The number of rotatable bonds is 9. The highest BCUT2D eigenvalue weighted by Crippen LogP contribution is 2.33. The summed E-state index contributed by atoms with van der Waals surface area (Å²) in [6.07, 6.45) is -2.36. The number of morpholine rings is 1. The molecule has 2 aliphatic heterocycles. The van der Waals surface area contributed by atoms with Gasteiger partial charge in [-0.3, -0.25) is 19.1 Å². The maximum absolute atomic E-state index is 13.6. The lowest BCUT2D eigenvalue weighted by Gasteiger charge is -2.37. The summed E-state index contributed by atoms with van der Waals surface area (Å²) in [5, 5.41) is 2.84. The number of hydrogen-bond acceptors (Lipinski definition) is 9. The molecule has 0 saturated carbocycles. The number of alkyl halides is 3. The third-order valence-electron chi connectivity index (χ3n) is 8.56. The van der Waals surface area contributed by atoms with E-state index in [0.717, 1.165) is 24.6 Å². The molecule has 2 amide bonds. The van der Waals surface area contributed by atoms with Crippen molar-refractivity contribution in [3.05, 3.63) is 53.1 Å². The van der Waals surface area contributed by atoms with Gasteiger partial charge in [0.1, 0.15) is 11.9 Å². The summed E-state index contributed by atoms with van der Waals surface area (Å²) in [6, 6.07) is 8.19. The van der Waals surface area contributed by atoms with E-state index in [1.54, 1.807) is 30.0 Å². The third-order valence-corrected chi connectivity index (χ3v) is 8.56. The third kappa shape index (κ3) is 8.37. The Morgan fingerprint density at radius 1 is 1.00 bits per heavy atom. The van der Waals surface area contributed by atoms with Gasteiger partial charge in [-0.15, -0.1) is 13.2 Å². The molecule has 260 valence electrons. The average molecular weight is 675 g/mol. The fourth-order valence-electron chi connectivity index (χ4n) is 5.94. The lowest BCUT2D eigenvalue weighted by Crippen LogP contribution is -2.50. The van der Waals surface area contributed by atoms with Crippen LogP contribution in [0.5, 0.6) is 5.75 Å². The van der Waals surface area contributed by atoms with Gasteiger partial charge in [-0.05, 0) is 63.6 Å². The highest BCUT2D eigenvalue weighted by atomic mass is 19.4. The van der Waals surface area contributed by atoms with Crippen molar-refractivity contribution in [2.24, 2.45) is 0 Å². The van der Waals surface area contributed by atoms with Gasteiger partial charge in [0.2, 0.25) is 5.91 Å². The van der Waals surface area contributed by atoms with Crippen molar-refractivity contribution in [1.82, 2.24) is 19.4 Å². The second-order valence-electron chi connectivity index (χ2n) is 12.5. The SMILES string of the molecule is CCCC(C)(C)OC(=O)N1CCN(c2ccc3c(=O)n(-c4ccc(OC(F)(F)F)c(NC(=O)C(C)N5CCOCC5)c4)cnc3c2)CC1. The number of ether oxygens (including phenoxy) is 3. The minimum absolute atomic E-state index is 0.187. The van der Waals surface area contributed by atoms with Crippen LogP contribution >= 0.6 is 0 Å². The number of benzene rings is 2. The van der Waals surface area contributed by atoms with E-state index in [4.69, 9.17) is 9.47 Å². The molecule has 0 aliphatic carbocycles. The number of amides is 2. The van der Waals surface area contributed by atoms with Crippen LogP contribution in [0.1, 0.15) is 40.5 Å². The van der Waals surface area contributed by atoms with Crippen LogP contribution in [0.15, 0.2) is 47.5 Å². The molecule has 0 spiro atoms. The van der Waals surface area contributed by atoms with E-state index in [2.05, 4.69) is 19.9 Å². The number of anilines is 2. The molecule has 15 heteroatoms. The maximum Gasteiger partial charge on any atom is 0.573 e. The molecule has 1 N–H and O–H groups in total. The first-order chi connectivity index (χ1) is 22.7. The van der Waals surface area contributed by atoms with Crippen molar-refractivity contribution in [3.8, 4) is 11.4 Å². The van der Waals surface area contributed by atoms with Crippen LogP contribution in [0.2, 0.25) is 0 Å². The molecule has 2 fully saturated rings. The minimum Gasteiger partial charge on any atom is -0.443 e. The number of carbonyl (C=O) groups excluding carboxylic acids is 2. The number of aromatic nitrogens is 2. The number of hydrogen-bond donors (Lipinski definition) is 1. The lowest BCUT2D eigenvalue weighted by atomic mass is 10.0. The van der Waals surface area contributed by atoms with E-state index in [1.807, 2.05) is 25.7 Å². The summed E-state index contributed by atoms with van der Waals surface area (Å²) in [5.41, 5.74) is 0.232. The van der Waals surface area contributed by atoms with Crippen molar-refractivity contribution >= 4 is 34.3 Å². The van der Waals surface area contributed by atoms with E-state index in [0.29, 0.717) is 63.4 Å². The molecular weight excluding hydrogens is 633 g/mol. The largest absolute Gasteiger partial charge is 0.573 e. The molecule has 1 unspecified atom stereocenters. The second kappa shape index (κ2) is 14.4. The lowest BCUT2D eigenvalue weighted by molar-refractivity contribution is -0.274. The fraction of sp³-hybridized carbons (Fsp3) is 0.515. The highest BCUT2D eigenvalue weighted by molar-refractivity contribution is 5.96. The molecule has 1 aromatic heterocycles. The molecule has 12 nitrogen and oxygen atoms in total. The molecule has 5 rings (SSSR count). The smallest absolute Gasteiger partial charge is 0.443 e. The molecule has 48 heavy (non-hydrogen) atoms. The first kappa shape index (κ1) is 35.0. The molecule has 0 bridgehead atoms. The zero-order chi connectivity index (χ0) is 34.6. The van der Waals surface area contributed by atoms with Gasteiger partial charge in [0.25, 0.3) is 5.56 Å². The molecule has 2 aromatic carbocycles. The minimum atomic E-state index is -5.00. The summed E-state index contributed by atoms with van der Waals surface area (Å²) in [6.45, 7) is 11.5. The number of halogens is 3. The van der Waals surface area contributed by atoms with E-state index in [1.165, 1.54) is 23.0 Å². The Morgan fingerprint density at radius 3 is 2.35 bits per heavy atom. The topological polar surface area (TPSA) is 118 Å². The second-order valence-corrected chi connectivity index (χ2v) is 12.5. The quantitative estimate of drug-likeness (QED) is 0.342. The Hall–Kier alpha value is -4.37.